The molecule has 1 unspecified atom stereocenters. The van der Waals surface area contributed by atoms with Crippen LogP contribution in [0.1, 0.15) is 36.4 Å². The number of alkyl halides is 2. The fourth-order valence-electron chi connectivity index (χ4n) is 3.59. The monoisotopic (exact) mass is 414 g/mol. The number of carbonyl (C=O) groups excluding carboxylic acids is 1. The summed E-state index contributed by atoms with van der Waals surface area (Å²) in [4.78, 5) is 12.9. The van der Waals surface area contributed by atoms with Crippen molar-refractivity contribution in [1.82, 2.24) is 20.4 Å². The molecule has 3 atom stereocenters. The average Bonchev–Trinajstić information content (AvgIpc) is 3.28. The first-order valence-electron chi connectivity index (χ1n) is 9.03. The molecular weight excluding hydrogens is 390 g/mol. The van der Waals surface area contributed by atoms with E-state index in [1.807, 2.05) is 20.2 Å². The van der Waals surface area contributed by atoms with Gasteiger partial charge in [0.1, 0.15) is 5.75 Å². The fourth-order valence-corrected chi connectivity index (χ4v) is 3.59. The van der Waals surface area contributed by atoms with Crippen LogP contribution < -0.4 is 15.4 Å². The van der Waals surface area contributed by atoms with Gasteiger partial charge in [-0.3, -0.25) is 9.48 Å². The zero-order chi connectivity index (χ0) is 19.4. The Morgan fingerprint density at radius 2 is 2.14 bits per heavy atom. The minimum Gasteiger partial charge on any atom is -0.434 e. The third-order valence-corrected chi connectivity index (χ3v) is 4.94. The Morgan fingerprint density at radius 3 is 2.79 bits per heavy atom. The van der Waals surface area contributed by atoms with E-state index in [1.54, 1.807) is 29.1 Å². The lowest BCUT2D eigenvalue weighted by molar-refractivity contribution is -0.125. The second kappa shape index (κ2) is 9.84. The Morgan fingerprint density at radius 1 is 1.39 bits per heavy atom. The maximum Gasteiger partial charge on any atom is 0.387 e. The summed E-state index contributed by atoms with van der Waals surface area (Å²) in [6.45, 7) is 0.256. The molecule has 1 saturated heterocycles. The van der Waals surface area contributed by atoms with Gasteiger partial charge in [0.25, 0.3) is 0 Å². The van der Waals surface area contributed by atoms with E-state index in [2.05, 4.69) is 20.5 Å². The number of benzene rings is 1. The topological polar surface area (TPSA) is 68.2 Å². The van der Waals surface area contributed by atoms with Crippen LogP contribution in [0.5, 0.6) is 5.75 Å². The fraction of sp³-hybridized carbons (Fsp3) is 0.474. The molecule has 3 rings (SSSR count). The maximum absolute atomic E-state index is 12.9. The van der Waals surface area contributed by atoms with Crippen molar-refractivity contribution < 1.29 is 18.3 Å². The molecule has 6 nitrogen and oxygen atoms in total. The maximum atomic E-state index is 12.9. The minimum absolute atomic E-state index is 0. The molecule has 1 aromatic carbocycles. The number of carbonyl (C=O) groups is 1. The summed E-state index contributed by atoms with van der Waals surface area (Å²) in [6, 6.07) is 6.18. The van der Waals surface area contributed by atoms with E-state index in [4.69, 9.17) is 0 Å². The molecule has 1 aliphatic rings. The molecule has 0 radical (unpaired) electrons. The van der Waals surface area contributed by atoms with E-state index < -0.39 is 12.7 Å². The van der Waals surface area contributed by atoms with Crippen LogP contribution in [0.2, 0.25) is 0 Å². The number of rotatable bonds is 7. The van der Waals surface area contributed by atoms with E-state index in [-0.39, 0.29) is 35.9 Å². The molecule has 1 aromatic heterocycles. The lowest BCUT2D eigenvalue weighted by Gasteiger charge is -2.24. The van der Waals surface area contributed by atoms with Crippen LogP contribution in [-0.2, 0) is 11.8 Å². The molecule has 1 aliphatic heterocycles. The Labute approximate surface area is 169 Å². The zero-order valence-corrected chi connectivity index (χ0v) is 16.6. The molecule has 1 amide bonds. The van der Waals surface area contributed by atoms with E-state index in [0.29, 0.717) is 25.1 Å². The van der Waals surface area contributed by atoms with Gasteiger partial charge < -0.3 is 15.4 Å². The smallest absolute Gasteiger partial charge is 0.387 e. The highest BCUT2D eigenvalue weighted by Gasteiger charge is 2.35. The van der Waals surface area contributed by atoms with Crippen molar-refractivity contribution in [2.45, 2.75) is 31.9 Å². The second-order valence-corrected chi connectivity index (χ2v) is 6.70. The van der Waals surface area contributed by atoms with Crippen LogP contribution >= 0.6 is 12.4 Å². The Kier molecular flexibility index (Phi) is 7.77. The molecule has 0 aliphatic carbocycles. The van der Waals surface area contributed by atoms with Gasteiger partial charge in [-0.2, -0.15) is 13.9 Å². The van der Waals surface area contributed by atoms with Gasteiger partial charge in [-0.1, -0.05) is 25.1 Å². The Hall–Kier alpha value is -2.19. The van der Waals surface area contributed by atoms with Gasteiger partial charge in [0.2, 0.25) is 5.91 Å². The number of para-hydroxylation sites is 1. The first-order valence-corrected chi connectivity index (χ1v) is 9.03. The number of amides is 1. The van der Waals surface area contributed by atoms with Crippen LogP contribution in [-0.4, -0.2) is 35.4 Å². The Bertz CT molecular complexity index is 787. The number of aromatic nitrogens is 2. The quantitative estimate of drug-likeness (QED) is 0.730. The molecule has 0 spiro atoms. The van der Waals surface area contributed by atoms with Gasteiger partial charge in [-0.25, -0.2) is 0 Å². The molecule has 0 bridgehead atoms. The summed E-state index contributed by atoms with van der Waals surface area (Å²) in [5, 5.41) is 10.5. The molecule has 154 valence electrons. The van der Waals surface area contributed by atoms with Crippen molar-refractivity contribution in [2.75, 3.05) is 13.1 Å². The van der Waals surface area contributed by atoms with Crippen molar-refractivity contribution in [2.24, 2.45) is 13.0 Å². The van der Waals surface area contributed by atoms with E-state index >= 15 is 0 Å². The summed E-state index contributed by atoms with van der Waals surface area (Å²) in [7, 11) is 1.84. The van der Waals surface area contributed by atoms with E-state index in [0.717, 1.165) is 5.56 Å². The molecule has 1 fully saturated rings. The lowest BCUT2D eigenvalue weighted by atomic mass is 9.89. The summed E-state index contributed by atoms with van der Waals surface area (Å²) in [5.41, 5.74) is 1.56. The summed E-state index contributed by atoms with van der Waals surface area (Å²) in [6.07, 6.45) is 4.26. The minimum atomic E-state index is -2.91. The summed E-state index contributed by atoms with van der Waals surface area (Å²) in [5.74, 6) is -0.226. The van der Waals surface area contributed by atoms with Crippen molar-refractivity contribution in [3.8, 4) is 5.75 Å². The second-order valence-electron chi connectivity index (χ2n) is 6.70. The van der Waals surface area contributed by atoms with E-state index in [1.165, 1.54) is 6.07 Å². The van der Waals surface area contributed by atoms with E-state index in [9.17, 15) is 13.6 Å². The van der Waals surface area contributed by atoms with Gasteiger partial charge in [-0.15, -0.1) is 12.4 Å². The molecule has 2 heterocycles. The average molecular weight is 415 g/mol. The van der Waals surface area contributed by atoms with Crippen LogP contribution in [0.25, 0.3) is 0 Å². The first-order chi connectivity index (χ1) is 13.0. The first kappa shape index (κ1) is 22.1. The van der Waals surface area contributed by atoms with Gasteiger partial charge in [0, 0.05) is 37.8 Å². The molecule has 0 saturated carbocycles. The summed E-state index contributed by atoms with van der Waals surface area (Å²) >= 11 is 0. The van der Waals surface area contributed by atoms with Gasteiger partial charge >= 0.3 is 6.61 Å². The number of hydrogen-bond donors (Lipinski definition) is 2. The molecule has 2 N–H and O–H groups in total. The standard InChI is InChI=1S/C19H24F2N4O2.ClH/c1-3-16(13-6-4-5-7-17(13)27-19(20)21)24-18(26)15-10-22-9-14(15)12-8-23-25(2)11-12;/h4-8,11,14-16,19,22H,3,9-10H2,1-2H3,(H,24,26);1H/t14-,15+,16?;/m1./s1. The van der Waals surface area contributed by atoms with Crippen molar-refractivity contribution in [3.63, 3.8) is 0 Å². The predicted molar refractivity (Wildman–Crippen MR) is 104 cm³/mol. The Balaban J connectivity index is 0.00000280. The SMILES string of the molecule is CCC(NC(=O)[C@H]1CNC[C@@H]1c1cnn(C)c1)c1ccccc1OC(F)F.Cl. The number of halogens is 3. The van der Waals surface area contributed by atoms with Gasteiger partial charge in [0.15, 0.2) is 0 Å². The van der Waals surface area contributed by atoms with Gasteiger partial charge in [-0.05, 0) is 18.1 Å². The van der Waals surface area contributed by atoms with Crippen LogP contribution in [0.3, 0.4) is 0 Å². The third kappa shape index (κ3) is 4.99. The van der Waals surface area contributed by atoms with Crippen molar-refractivity contribution in [1.29, 1.82) is 0 Å². The zero-order valence-electron chi connectivity index (χ0n) is 15.8. The van der Waals surface area contributed by atoms with Crippen LogP contribution in [0.4, 0.5) is 8.78 Å². The lowest BCUT2D eigenvalue weighted by Crippen LogP contribution is -2.37. The molecule has 28 heavy (non-hydrogen) atoms. The van der Waals surface area contributed by atoms with Crippen LogP contribution in [0.15, 0.2) is 36.7 Å². The highest BCUT2D eigenvalue weighted by Crippen LogP contribution is 2.31. The van der Waals surface area contributed by atoms with Gasteiger partial charge in [0.05, 0.1) is 18.2 Å². The highest BCUT2D eigenvalue weighted by atomic mass is 35.5. The number of nitrogens with zero attached hydrogens (tertiary/aromatic N) is 2. The number of hydrogen-bond acceptors (Lipinski definition) is 4. The highest BCUT2D eigenvalue weighted by molar-refractivity contribution is 5.85. The normalized spacial score (nSPS) is 19.9. The molecule has 9 heteroatoms. The van der Waals surface area contributed by atoms with Crippen molar-refractivity contribution in [3.05, 3.63) is 47.8 Å². The number of ether oxygens (including phenoxy) is 1. The molecular formula is C19H25ClF2N4O2. The van der Waals surface area contributed by atoms with Crippen LogP contribution in [0, 0.1) is 5.92 Å². The van der Waals surface area contributed by atoms with Crippen molar-refractivity contribution >= 4 is 18.3 Å². The molecule has 2 aromatic rings. The third-order valence-electron chi connectivity index (χ3n) is 4.94. The largest absolute Gasteiger partial charge is 0.434 e. The number of aryl methyl sites for hydroxylation is 1. The summed E-state index contributed by atoms with van der Waals surface area (Å²) < 4.78 is 31.7. The predicted octanol–water partition coefficient (Wildman–Crippen LogP) is 3.01. The number of nitrogens with one attached hydrogen (secondary N) is 2.